The van der Waals surface area contributed by atoms with E-state index >= 15 is 0 Å². The van der Waals surface area contributed by atoms with E-state index in [0.717, 1.165) is 42.3 Å². The van der Waals surface area contributed by atoms with E-state index < -0.39 is 0 Å². The van der Waals surface area contributed by atoms with Crippen molar-refractivity contribution in [2.24, 2.45) is 7.05 Å². The van der Waals surface area contributed by atoms with Gasteiger partial charge in [0.1, 0.15) is 12.1 Å². The molecule has 0 fully saturated rings. The van der Waals surface area contributed by atoms with Crippen LogP contribution in [0.1, 0.15) is 42.9 Å². The molecule has 2 aromatic rings. The number of aryl methyl sites for hydroxylation is 1. The fourth-order valence-corrected chi connectivity index (χ4v) is 3.14. The molecule has 7 heteroatoms. The van der Waals surface area contributed by atoms with E-state index in [4.69, 9.17) is 9.47 Å². The van der Waals surface area contributed by atoms with Crippen LogP contribution in [0.4, 0.5) is 0 Å². The Morgan fingerprint density at radius 3 is 2.76 bits per heavy atom. The van der Waals surface area contributed by atoms with Gasteiger partial charge in [0.2, 0.25) is 0 Å². The number of thioether (sulfide) groups is 1. The van der Waals surface area contributed by atoms with Gasteiger partial charge in [-0.2, -0.15) is 0 Å². The number of nitrogens with zero attached hydrogens (tertiary/aromatic N) is 3. The van der Waals surface area contributed by atoms with E-state index in [-0.39, 0.29) is 0 Å². The van der Waals surface area contributed by atoms with Gasteiger partial charge in [0, 0.05) is 24.8 Å². The van der Waals surface area contributed by atoms with Gasteiger partial charge in [-0.25, -0.2) is 0 Å². The summed E-state index contributed by atoms with van der Waals surface area (Å²) in [5.41, 5.74) is 0.580. The Labute approximate surface area is 152 Å². The molecule has 0 aliphatic carbocycles. The van der Waals surface area contributed by atoms with Gasteiger partial charge in [0.25, 0.3) is 0 Å². The zero-order chi connectivity index (χ0) is 18.1. The minimum atomic E-state index is 0.529. The van der Waals surface area contributed by atoms with Gasteiger partial charge < -0.3 is 14.0 Å². The van der Waals surface area contributed by atoms with Gasteiger partial charge in [-0.05, 0) is 38.0 Å². The van der Waals surface area contributed by atoms with Crippen LogP contribution in [-0.4, -0.2) is 40.0 Å². The number of hydrogen-bond acceptors (Lipinski definition) is 6. The Hall–Kier alpha value is -2.02. The van der Waals surface area contributed by atoms with Crippen LogP contribution >= 0.6 is 11.8 Å². The standard InChI is InChI=1S/C18H25N3O3S/c1-4-7-17-19-20-18(21(17)3)25-11-6-10-24-15-9-8-14(13-22)12-16(15)23-5-2/h8-9,12-13H,4-7,10-11H2,1-3H3. The fraction of sp³-hybridized carbons (Fsp3) is 0.500. The largest absolute Gasteiger partial charge is 0.490 e. The number of carbonyl (C=O) groups excluding carboxylic acids is 1. The summed E-state index contributed by atoms with van der Waals surface area (Å²) in [5.74, 6) is 3.20. The molecule has 0 bridgehead atoms. The van der Waals surface area contributed by atoms with Crippen molar-refractivity contribution < 1.29 is 14.3 Å². The SMILES string of the molecule is CCCc1nnc(SCCCOc2ccc(C=O)cc2OCC)n1C. The van der Waals surface area contributed by atoms with Crippen LogP contribution in [0.25, 0.3) is 0 Å². The quantitative estimate of drug-likeness (QED) is 0.346. The third-order valence-electron chi connectivity index (χ3n) is 3.58. The van der Waals surface area contributed by atoms with Gasteiger partial charge in [-0.15, -0.1) is 10.2 Å². The van der Waals surface area contributed by atoms with Crippen molar-refractivity contribution in [1.29, 1.82) is 0 Å². The van der Waals surface area contributed by atoms with Crippen molar-refractivity contribution >= 4 is 18.0 Å². The van der Waals surface area contributed by atoms with Gasteiger partial charge in [-0.1, -0.05) is 18.7 Å². The highest BCUT2D eigenvalue weighted by Gasteiger charge is 2.09. The molecule has 0 atom stereocenters. The summed E-state index contributed by atoms with van der Waals surface area (Å²) >= 11 is 1.68. The summed E-state index contributed by atoms with van der Waals surface area (Å²) < 4.78 is 13.4. The van der Waals surface area contributed by atoms with Crippen LogP contribution in [-0.2, 0) is 13.5 Å². The molecule has 0 aliphatic rings. The molecule has 1 aromatic carbocycles. The minimum absolute atomic E-state index is 0.529. The second kappa shape index (κ2) is 10.1. The monoisotopic (exact) mass is 363 g/mol. The van der Waals surface area contributed by atoms with Crippen molar-refractivity contribution in [2.75, 3.05) is 19.0 Å². The number of benzene rings is 1. The average molecular weight is 363 g/mol. The molecule has 1 aromatic heterocycles. The first kappa shape index (κ1) is 19.3. The minimum Gasteiger partial charge on any atom is -0.490 e. The number of hydrogen-bond donors (Lipinski definition) is 0. The van der Waals surface area contributed by atoms with E-state index in [1.165, 1.54) is 0 Å². The number of aldehydes is 1. The normalized spacial score (nSPS) is 10.7. The first-order valence-corrected chi connectivity index (χ1v) is 9.54. The summed E-state index contributed by atoms with van der Waals surface area (Å²) in [6, 6.07) is 5.21. The van der Waals surface area contributed by atoms with Crippen molar-refractivity contribution in [3.8, 4) is 11.5 Å². The lowest BCUT2D eigenvalue weighted by atomic mass is 10.2. The van der Waals surface area contributed by atoms with Crippen LogP contribution in [0.3, 0.4) is 0 Å². The molecule has 0 aliphatic heterocycles. The Kier molecular flexibility index (Phi) is 7.78. The maximum absolute atomic E-state index is 10.9. The molecule has 0 amide bonds. The molecule has 2 rings (SSSR count). The second-order valence-electron chi connectivity index (χ2n) is 5.52. The van der Waals surface area contributed by atoms with Crippen LogP contribution in [0, 0.1) is 0 Å². The average Bonchev–Trinajstić information content (AvgIpc) is 2.96. The molecule has 0 saturated carbocycles. The van der Waals surface area contributed by atoms with Crippen molar-refractivity contribution in [3.05, 3.63) is 29.6 Å². The third kappa shape index (κ3) is 5.49. The predicted molar refractivity (Wildman–Crippen MR) is 98.8 cm³/mol. The molecule has 0 N–H and O–H groups in total. The topological polar surface area (TPSA) is 66.2 Å². The summed E-state index contributed by atoms with van der Waals surface area (Å²) in [5, 5.41) is 9.38. The van der Waals surface area contributed by atoms with E-state index in [1.807, 2.05) is 14.0 Å². The second-order valence-corrected chi connectivity index (χ2v) is 6.58. The first-order chi connectivity index (χ1) is 12.2. The van der Waals surface area contributed by atoms with Crippen molar-refractivity contribution in [2.45, 2.75) is 38.3 Å². The lowest BCUT2D eigenvalue weighted by molar-refractivity contribution is 0.112. The summed E-state index contributed by atoms with van der Waals surface area (Å²) in [6.45, 7) is 5.15. The van der Waals surface area contributed by atoms with Gasteiger partial charge >= 0.3 is 0 Å². The lowest BCUT2D eigenvalue weighted by Crippen LogP contribution is -2.03. The van der Waals surface area contributed by atoms with Crippen LogP contribution in [0.15, 0.2) is 23.4 Å². The summed E-state index contributed by atoms with van der Waals surface area (Å²) in [6.07, 6.45) is 3.69. The van der Waals surface area contributed by atoms with E-state index in [1.54, 1.807) is 30.0 Å². The first-order valence-electron chi connectivity index (χ1n) is 8.55. The molecule has 0 spiro atoms. The zero-order valence-electron chi connectivity index (χ0n) is 15.0. The van der Waals surface area contributed by atoms with Crippen molar-refractivity contribution in [3.63, 3.8) is 0 Å². The highest BCUT2D eigenvalue weighted by Crippen LogP contribution is 2.28. The third-order valence-corrected chi connectivity index (χ3v) is 4.69. The van der Waals surface area contributed by atoms with E-state index in [2.05, 4.69) is 21.7 Å². The molecule has 136 valence electrons. The molecular weight excluding hydrogens is 338 g/mol. The summed E-state index contributed by atoms with van der Waals surface area (Å²) in [7, 11) is 2.01. The van der Waals surface area contributed by atoms with Crippen LogP contribution in [0.5, 0.6) is 11.5 Å². The smallest absolute Gasteiger partial charge is 0.190 e. The molecule has 1 heterocycles. The highest BCUT2D eigenvalue weighted by molar-refractivity contribution is 7.99. The fourth-order valence-electron chi connectivity index (χ4n) is 2.30. The summed E-state index contributed by atoms with van der Waals surface area (Å²) in [4.78, 5) is 10.9. The van der Waals surface area contributed by atoms with Crippen LogP contribution in [0.2, 0.25) is 0 Å². The molecular formula is C18H25N3O3S. The van der Waals surface area contributed by atoms with Gasteiger partial charge in [0.05, 0.1) is 13.2 Å². The molecule has 0 saturated heterocycles. The Balaban J connectivity index is 1.80. The lowest BCUT2D eigenvalue weighted by Gasteiger charge is -2.12. The Morgan fingerprint density at radius 2 is 2.04 bits per heavy atom. The van der Waals surface area contributed by atoms with Gasteiger partial charge in [0.15, 0.2) is 16.7 Å². The predicted octanol–water partition coefficient (Wildman–Crippen LogP) is 3.54. The molecule has 0 unspecified atom stereocenters. The number of rotatable bonds is 11. The number of ether oxygens (including phenoxy) is 2. The van der Waals surface area contributed by atoms with Crippen LogP contribution < -0.4 is 9.47 Å². The molecule has 0 radical (unpaired) electrons. The molecule has 25 heavy (non-hydrogen) atoms. The zero-order valence-corrected chi connectivity index (χ0v) is 15.8. The number of aromatic nitrogens is 3. The van der Waals surface area contributed by atoms with Crippen molar-refractivity contribution in [1.82, 2.24) is 14.8 Å². The van der Waals surface area contributed by atoms with Gasteiger partial charge in [-0.3, -0.25) is 4.79 Å². The highest BCUT2D eigenvalue weighted by atomic mass is 32.2. The Bertz CT molecular complexity index is 688. The van der Waals surface area contributed by atoms with E-state index in [9.17, 15) is 4.79 Å². The number of carbonyl (C=O) groups is 1. The maximum Gasteiger partial charge on any atom is 0.190 e. The molecule has 6 nitrogen and oxygen atoms in total. The maximum atomic E-state index is 10.9. The van der Waals surface area contributed by atoms with E-state index in [0.29, 0.717) is 30.3 Å². The Morgan fingerprint density at radius 1 is 1.20 bits per heavy atom.